The van der Waals surface area contributed by atoms with Crippen LogP contribution in [0.25, 0.3) is 0 Å². The van der Waals surface area contributed by atoms with Crippen molar-refractivity contribution in [1.82, 2.24) is 0 Å². The molecule has 0 spiro atoms. The molecule has 0 saturated carbocycles. The standard InChI is InChI=1S/CH4.Mn.H3P.H2S.Si/h1H4;;1H3;1H2;. The fourth-order valence-electron chi connectivity index (χ4n) is 0. The molecule has 0 aromatic carbocycles. The zero-order valence-corrected chi connectivity index (χ0v) is 6.68. The van der Waals surface area contributed by atoms with Gasteiger partial charge in [-0.3, -0.25) is 0 Å². The molecule has 5 heavy (non-hydrogen) atoms. The molecule has 0 rings (SSSR count). The quantitative estimate of drug-likeness (QED) is 0.362. The summed E-state index contributed by atoms with van der Waals surface area (Å²) >= 11 is 0. The molecule has 0 aliphatic carbocycles. The maximum absolute atomic E-state index is 0. The van der Waals surface area contributed by atoms with Gasteiger partial charge in [0.1, 0.15) is 0 Å². The van der Waals surface area contributed by atoms with Crippen molar-refractivity contribution in [1.29, 1.82) is 0 Å². The summed E-state index contributed by atoms with van der Waals surface area (Å²) in [5.41, 5.74) is 0. The summed E-state index contributed by atoms with van der Waals surface area (Å²) in [6.45, 7) is 0. The first-order valence-electron chi connectivity index (χ1n) is 0. The average Bonchev–Trinajstić information content (AvgIpc) is 0. The molecule has 0 aromatic heterocycles. The van der Waals surface area contributed by atoms with Gasteiger partial charge < -0.3 is 0 Å². The predicted octanol–water partition coefficient (Wildman–Crippen LogP) is 0.424. The van der Waals surface area contributed by atoms with Crippen molar-refractivity contribution in [2.24, 2.45) is 0 Å². The van der Waals surface area contributed by atoms with Gasteiger partial charge in [-0.2, -0.15) is 23.4 Å². The first kappa shape index (κ1) is 86.2. The van der Waals surface area contributed by atoms with Crippen LogP contribution in [0.3, 0.4) is 0 Å². The molecule has 35 valence electrons. The van der Waals surface area contributed by atoms with Gasteiger partial charge >= 0.3 is 0 Å². The minimum absolute atomic E-state index is 0. The van der Waals surface area contributed by atoms with E-state index in [0.29, 0.717) is 0 Å². The average molecular weight is 167 g/mol. The minimum Gasteiger partial charge on any atom is -0.197 e. The Kier molecular flexibility index (Phi) is 844. The van der Waals surface area contributed by atoms with Crippen LogP contribution in [0.5, 0.6) is 0 Å². The summed E-state index contributed by atoms with van der Waals surface area (Å²) in [5.74, 6) is 0. The van der Waals surface area contributed by atoms with E-state index < -0.39 is 0 Å². The van der Waals surface area contributed by atoms with E-state index in [1.807, 2.05) is 0 Å². The van der Waals surface area contributed by atoms with Gasteiger partial charge in [-0.25, -0.2) is 0 Å². The van der Waals surface area contributed by atoms with Crippen LogP contribution in [-0.2, 0) is 17.1 Å². The van der Waals surface area contributed by atoms with E-state index in [9.17, 15) is 0 Å². The molecule has 0 bridgehead atoms. The third-order valence-electron chi connectivity index (χ3n) is 0. The summed E-state index contributed by atoms with van der Waals surface area (Å²) in [4.78, 5) is 0. The van der Waals surface area contributed by atoms with Crippen LogP contribution in [0.1, 0.15) is 7.43 Å². The fourth-order valence-corrected chi connectivity index (χ4v) is 0. The zero-order valence-electron chi connectivity index (χ0n) is 2.09. The van der Waals surface area contributed by atoms with Crippen LogP contribution in [0.2, 0.25) is 0 Å². The molecule has 0 N–H and O–H groups in total. The van der Waals surface area contributed by atoms with Gasteiger partial charge in [0.15, 0.2) is 0 Å². The van der Waals surface area contributed by atoms with E-state index in [1.54, 1.807) is 0 Å². The fraction of sp³-hybridized carbons (Fsp3) is 1.00. The third kappa shape index (κ3) is 29.7. The number of rotatable bonds is 0. The van der Waals surface area contributed by atoms with Crippen molar-refractivity contribution >= 4 is 34.4 Å². The molecule has 0 heterocycles. The van der Waals surface area contributed by atoms with E-state index in [4.69, 9.17) is 0 Å². The van der Waals surface area contributed by atoms with Crippen LogP contribution >= 0.6 is 23.4 Å². The van der Waals surface area contributed by atoms with E-state index in [2.05, 4.69) is 0 Å². The topological polar surface area (TPSA) is 0 Å². The van der Waals surface area contributed by atoms with E-state index >= 15 is 0 Å². The molecule has 0 aromatic rings. The Morgan fingerprint density at radius 3 is 1.00 bits per heavy atom. The second-order valence-corrected chi connectivity index (χ2v) is 0. The Balaban J connectivity index is 0. The first-order chi connectivity index (χ1) is 0. The summed E-state index contributed by atoms with van der Waals surface area (Å²) in [6, 6.07) is 0. The smallest absolute Gasteiger partial charge is 0 e. The van der Waals surface area contributed by atoms with E-state index in [-0.39, 0.29) is 58.9 Å². The largest absolute Gasteiger partial charge is 0.197 e. The third-order valence-corrected chi connectivity index (χ3v) is 0. The Hall–Kier alpha value is 1.52. The van der Waals surface area contributed by atoms with Crippen LogP contribution in [0.4, 0.5) is 0 Å². The molecule has 5 radical (unpaired) electrons. The molecule has 1 unspecified atom stereocenters. The van der Waals surface area contributed by atoms with Crippen molar-refractivity contribution < 1.29 is 17.1 Å². The molecule has 0 fully saturated rings. The zero-order chi connectivity index (χ0) is 0. The van der Waals surface area contributed by atoms with Crippen LogP contribution in [0.15, 0.2) is 0 Å². The molecule has 0 nitrogen and oxygen atoms in total. The van der Waals surface area contributed by atoms with Crippen molar-refractivity contribution in [3.8, 4) is 0 Å². The second kappa shape index (κ2) is 48.9. The molecule has 0 aliphatic heterocycles. The first-order valence-corrected chi connectivity index (χ1v) is 0. The van der Waals surface area contributed by atoms with Gasteiger partial charge in [0.25, 0.3) is 0 Å². The summed E-state index contributed by atoms with van der Waals surface area (Å²) in [6.07, 6.45) is 0. The molecular formula is CH9MnPSSi. The van der Waals surface area contributed by atoms with Gasteiger partial charge in [-0.1, -0.05) is 7.43 Å². The van der Waals surface area contributed by atoms with Crippen molar-refractivity contribution in [3.63, 3.8) is 0 Å². The van der Waals surface area contributed by atoms with Gasteiger partial charge in [-0.15, -0.1) is 0 Å². The summed E-state index contributed by atoms with van der Waals surface area (Å²) in [7, 11) is 0. The number of hydrogen-bond donors (Lipinski definition) is 0. The Morgan fingerprint density at radius 1 is 1.00 bits per heavy atom. The van der Waals surface area contributed by atoms with Gasteiger partial charge in [0, 0.05) is 28.0 Å². The van der Waals surface area contributed by atoms with Crippen molar-refractivity contribution in [2.45, 2.75) is 7.43 Å². The van der Waals surface area contributed by atoms with Crippen LogP contribution < -0.4 is 0 Å². The molecule has 1 atom stereocenters. The molecule has 0 amide bonds. The molecule has 0 saturated heterocycles. The van der Waals surface area contributed by atoms with Crippen molar-refractivity contribution in [3.05, 3.63) is 0 Å². The van der Waals surface area contributed by atoms with E-state index in [1.165, 1.54) is 0 Å². The van der Waals surface area contributed by atoms with Crippen LogP contribution in [0, 0.1) is 0 Å². The number of hydrogen-bond acceptors (Lipinski definition) is 0. The SMILES string of the molecule is C.P.S.[Mn].[Si]. The molecular weight excluding hydrogens is 158 g/mol. The van der Waals surface area contributed by atoms with Crippen molar-refractivity contribution in [2.75, 3.05) is 0 Å². The Labute approximate surface area is 59.1 Å². The molecule has 4 heteroatoms. The maximum Gasteiger partial charge on any atom is 0 e. The van der Waals surface area contributed by atoms with Crippen LogP contribution in [-0.4, -0.2) is 11.0 Å². The summed E-state index contributed by atoms with van der Waals surface area (Å²) in [5, 5.41) is 0. The van der Waals surface area contributed by atoms with Gasteiger partial charge in [0.2, 0.25) is 0 Å². The van der Waals surface area contributed by atoms with Gasteiger partial charge in [0.05, 0.1) is 0 Å². The minimum atomic E-state index is 0. The Morgan fingerprint density at radius 2 is 1.00 bits per heavy atom. The Bertz CT molecular complexity index is 11.6. The molecule has 0 aliphatic rings. The summed E-state index contributed by atoms with van der Waals surface area (Å²) < 4.78 is 0. The van der Waals surface area contributed by atoms with Gasteiger partial charge in [-0.05, 0) is 0 Å². The second-order valence-electron chi connectivity index (χ2n) is 0. The monoisotopic (exact) mass is 167 g/mol. The predicted molar refractivity (Wildman–Crippen MR) is 34.0 cm³/mol. The van der Waals surface area contributed by atoms with E-state index in [0.717, 1.165) is 0 Å². The normalized spacial score (nSPS) is 0. The maximum atomic E-state index is 0.